The maximum Gasteiger partial charge on any atom is 0.235 e. The van der Waals surface area contributed by atoms with Gasteiger partial charge in [-0.1, -0.05) is 43.3 Å². The van der Waals surface area contributed by atoms with Gasteiger partial charge in [0.15, 0.2) is 0 Å². The van der Waals surface area contributed by atoms with E-state index in [2.05, 4.69) is 36.5 Å². The van der Waals surface area contributed by atoms with Crippen molar-refractivity contribution >= 4 is 11.9 Å². The van der Waals surface area contributed by atoms with Crippen molar-refractivity contribution in [1.29, 1.82) is 0 Å². The van der Waals surface area contributed by atoms with Crippen LogP contribution in [0, 0.1) is 11.8 Å². The topological polar surface area (TPSA) is 94.8 Å². The minimum absolute atomic E-state index is 0.0215. The second-order valence-corrected chi connectivity index (χ2v) is 9.37. The van der Waals surface area contributed by atoms with Gasteiger partial charge < -0.3 is 29.2 Å². The molecule has 4 atom stereocenters. The van der Waals surface area contributed by atoms with Gasteiger partial charge >= 0.3 is 0 Å². The molecule has 5 rings (SSSR count). The maximum atomic E-state index is 12.5. The van der Waals surface area contributed by atoms with E-state index in [4.69, 9.17) is 4.74 Å². The van der Waals surface area contributed by atoms with E-state index in [-0.39, 0.29) is 30.2 Å². The van der Waals surface area contributed by atoms with Crippen molar-refractivity contribution in [2.45, 2.75) is 26.0 Å². The second kappa shape index (κ2) is 8.74. The van der Waals surface area contributed by atoms with Crippen molar-refractivity contribution in [2.75, 3.05) is 6.61 Å². The van der Waals surface area contributed by atoms with Gasteiger partial charge in [0.25, 0.3) is 0 Å². The highest BCUT2D eigenvalue weighted by molar-refractivity contribution is 5.99. The van der Waals surface area contributed by atoms with Crippen LogP contribution in [0.1, 0.15) is 13.8 Å². The van der Waals surface area contributed by atoms with E-state index in [1.807, 2.05) is 49.0 Å². The van der Waals surface area contributed by atoms with Crippen LogP contribution in [-0.4, -0.2) is 45.2 Å². The number of fused-ring (bicyclic) bond motifs is 1. The standard InChI is InChI=1S/C28H28N2O5/c1-16-23(26(28(33)34)30-25(16)24(17(2)31)27(30)32)15-35-22-6-4-5-20(13-22)18-7-9-19(10-8-18)21-11-12-29(3)14-21/h4-14,16-17,24-25,31H,15H2,1-3H3,(H,33,34)/p-1/t16-,17?,24?,25?/m0/s1. The van der Waals surface area contributed by atoms with E-state index in [1.54, 1.807) is 6.92 Å². The number of benzene rings is 2. The molecule has 1 N–H and O–H groups in total. The molecular weight excluding hydrogens is 444 g/mol. The zero-order valence-corrected chi connectivity index (χ0v) is 19.8. The van der Waals surface area contributed by atoms with Gasteiger partial charge in [-0.2, -0.15) is 0 Å². The molecule has 7 heteroatoms. The number of rotatable bonds is 7. The molecule has 1 aromatic heterocycles. The van der Waals surface area contributed by atoms with Gasteiger partial charge in [0.2, 0.25) is 5.91 Å². The van der Waals surface area contributed by atoms with Gasteiger partial charge in [-0.25, -0.2) is 0 Å². The Morgan fingerprint density at radius 2 is 1.77 bits per heavy atom. The number of carbonyl (C=O) groups excluding carboxylic acids is 2. The number of aliphatic hydroxyl groups excluding tert-OH is 1. The maximum absolute atomic E-state index is 12.5. The summed E-state index contributed by atoms with van der Waals surface area (Å²) in [6.45, 7) is 3.43. The number of aryl methyl sites for hydroxylation is 1. The summed E-state index contributed by atoms with van der Waals surface area (Å²) in [6.07, 6.45) is 3.24. The van der Waals surface area contributed by atoms with Crippen molar-refractivity contribution in [3.05, 3.63) is 78.3 Å². The molecule has 0 saturated carbocycles. The number of carboxylic acids is 1. The highest BCUT2D eigenvalue weighted by atomic mass is 16.5. The molecule has 0 radical (unpaired) electrons. The zero-order valence-electron chi connectivity index (χ0n) is 19.8. The van der Waals surface area contributed by atoms with Crippen LogP contribution in [-0.2, 0) is 16.6 Å². The first kappa shape index (κ1) is 22.9. The van der Waals surface area contributed by atoms with Crippen LogP contribution in [0.2, 0.25) is 0 Å². The number of carbonyl (C=O) groups is 2. The van der Waals surface area contributed by atoms with Crippen LogP contribution < -0.4 is 9.84 Å². The summed E-state index contributed by atoms with van der Waals surface area (Å²) in [4.78, 5) is 25.6. The lowest BCUT2D eigenvalue weighted by molar-refractivity contribution is -0.301. The highest BCUT2D eigenvalue weighted by Crippen LogP contribution is 2.47. The van der Waals surface area contributed by atoms with Gasteiger partial charge in [-0.15, -0.1) is 0 Å². The Kier molecular flexibility index (Phi) is 5.73. The lowest BCUT2D eigenvalue weighted by Crippen LogP contribution is -2.64. The second-order valence-electron chi connectivity index (χ2n) is 9.37. The third-order valence-corrected chi connectivity index (χ3v) is 7.12. The summed E-state index contributed by atoms with van der Waals surface area (Å²) in [5.74, 6) is -2.05. The molecule has 1 amide bonds. The fourth-order valence-electron chi connectivity index (χ4n) is 5.28. The molecule has 0 aliphatic carbocycles. The lowest BCUT2D eigenvalue weighted by atomic mass is 9.78. The van der Waals surface area contributed by atoms with Gasteiger partial charge in [0.05, 0.1) is 29.7 Å². The molecule has 3 unspecified atom stereocenters. The van der Waals surface area contributed by atoms with Gasteiger partial charge in [0.1, 0.15) is 12.4 Å². The Morgan fingerprint density at radius 1 is 1.09 bits per heavy atom. The first-order valence-electron chi connectivity index (χ1n) is 11.7. The third kappa shape index (κ3) is 3.91. The molecule has 1 fully saturated rings. The first-order valence-corrected chi connectivity index (χ1v) is 11.7. The zero-order chi connectivity index (χ0) is 24.9. The van der Waals surface area contributed by atoms with Crippen LogP contribution in [0.5, 0.6) is 5.75 Å². The van der Waals surface area contributed by atoms with E-state index in [0.29, 0.717) is 11.3 Å². The van der Waals surface area contributed by atoms with Crippen LogP contribution in [0.15, 0.2) is 78.3 Å². The lowest BCUT2D eigenvalue weighted by Gasteiger charge is -2.47. The van der Waals surface area contributed by atoms with Gasteiger partial charge in [0, 0.05) is 25.4 Å². The molecule has 3 heterocycles. The quantitative estimate of drug-likeness (QED) is 0.535. The summed E-state index contributed by atoms with van der Waals surface area (Å²) < 4.78 is 8.02. The fourth-order valence-corrected chi connectivity index (χ4v) is 5.28. The molecule has 2 aliphatic heterocycles. The minimum Gasteiger partial charge on any atom is -0.543 e. The molecule has 35 heavy (non-hydrogen) atoms. The average molecular weight is 472 g/mol. The van der Waals surface area contributed by atoms with Crippen LogP contribution >= 0.6 is 0 Å². The molecule has 1 saturated heterocycles. The summed E-state index contributed by atoms with van der Waals surface area (Å²) in [5.41, 5.74) is 4.67. The summed E-state index contributed by atoms with van der Waals surface area (Å²) in [5, 5.41) is 21.9. The molecular formula is C28H27N2O5-. The molecule has 0 bridgehead atoms. The van der Waals surface area contributed by atoms with Crippen molar-refractivity contribution < 1.29 is 24.5 Å². The number of aliphatic hydroxyl groups is 1. The number of amides is 1. The molecule has 180 valence electrons. The number of nitrogens with zero attached hydrogens (tertiary/aromatic N) is 2. The summed E-state index contributed by atoms with van der Waals surface area (Å²) in [6, 6.07) is 17.6. The van der Waals surface area contributed by atoms with Gasteiger partial charge in [-0.3, -0.25) is 4.79 Å². The number of aromatic nitrogens is 1. The molecule has 0 spiro atoms. The highest BCUT2D eigenvalue weighted by Gasteiger charge is 2.58. The first-order chi connectivity index (χ1) is 16.8. The van der Waals surface area contributed by atoms with Crippen molar-refractivity contribution in [2.24, 2.45) is 18.9 Å². The Labute approximate surface area is 203 Å². The molecule has 2 aliphatic rings. The summed E-state index contributed by atoms with van der Waals surface area (Å²) in [7, 11) is 1.99. The Balaban J connectivity index is 1.34. The Morgan fingerprint density at radius 3 is 2.37 bits per heavy atom. The largest absolute Gasteiger partial charge is 0.543 e. The van der Waals surface area contributed by atoms with Crippen molar-refractivity contribution in [3.63, 3.8) is 0 Å². The minimum atomic E-state index is -1.40. The van der Waals surface area contributed by atoms with Crippen LogP contribution in [0.4, 0.5) is 0 Å². The Bertz CT molecular complexity index is 1320. The fraction of sp³-hybridized carbons (Fsp3) is 0.286. The number of hydrogen-bond donors (Lipinski definition) is 1. The van der Waals surface area contributed by atoms with E-state index in [0.717, 1.165) is 22.3 Å². The number of ether oxygens (including phenoxy) is 1. The van der Waals surface area contributed by atoms with E-state index in [9.17, 15) is 19.8 Å². The molecule has 3 aromatic rings. The molecule has 2 aromatic carbocycles. The van der Waals surface area contributed by atoms with E-state index in [1.165, 1.54) is 4.90 Å². The monoisotopic (exact) mass is 471 g/mol. The van der Waals surface area contributed by atoms with Crippen molar-refractivity contribution in [1.82, 2.24) is 9.47 Å². The van der Waals surface area contributed by atoms with Crippen LogP contribution in [0.25, 0.3) is 22.3 Å². The SMILES string of the molecule is CC(O)C1C(=O)N2C(C(=O)[O-])=C(COc3cccc(-c4ccc(-c5ccn(C)c5)cc4)c3)[C@H](C)C12. The predicted octanol–water partition coefficient (Wildman–Crippen LogP) is 2.60. The van der Waals surface area contributed by atoms with E-state index < -0.39 is 18.0 Å². The number of carboxylic acid groups (broad SMARTS) is 1. The van der Waals surface area contributed by atoms with E-state index >= 15 is 0 Å². The summed E-state index contributed by atoms with van der Waals surface area (Å²) >= 11 is 0. The predicted molar refractivity (Wildman–Crippen MR) is 129 cm³/mol. The number of aliphatic carboxylic acids is 1. The third-order valence-electron chi connectivity index (χ3n) is 7.12. The smallest absolute Gasteiger partial charge is 0.235 e. The van der Waals surface area contributed by atoms with Crippen LogP contribution in [0.3, 0.4) is 0 Å². The Hall–Kier alpha value is -3.84. The number of hydrogen-bond acceptors (Lipinski definition) is 5. The normalized spacial score (nSPS) is 22.1. The van der Waals surface area contributed by atoms with Crippen molar-refractivity contribution in [3.8, 4) is 28.0 Å². The van der Waals surface area contributed by atoms with Gasteiger partial charge in [-0.05, 0) is 52.9 Å². The molecule has 7 nitrogen and oxygen atoms in total. The average Bonchev–Trinajstić information content (AvgIpc) is 3.37. The number of β-lactam (4-membered cyclic amide) rings is 1.